The van der Waals surface area contributed by atoms with Crippen molar-refractivity contribution in [2.45, 2.75) is 111 Å². The van der Waals surface area contributed by atoms with E-state index in [0.29, 0.717) is 49.8 Å². The van der Waals surface area contributed by atoms with Gasteiger partial charge in [-0.05, 0) is 68.1 Å². The lowest BCUT2D eigenvalue weighted by Gasteiger charge is -2.36. The molecule has 1 saturated carbocycles. The molecule has 2 fully saturated rings. The van der Waals surface area contributed by atoms with Crippen molar-refractivity contribution >= 4 is 23.9 Å². The number of pyridine rings is 1. The Bertz CT molecular complexity index is 1560. The molecular weight excluding hydrogens is 678 g/mol. The molecule has 1 aliphatic carbocycles. The SMILES string of the molecule is CC[C@H](C)[C@@H](C(=O)N[C@@H](Cc1ccccc1)[C@@H](O)CN(CC1CC1)NC(=O)[C@@H](NC(=O)O)C(C)(C)C)N1CCN(Cc2cccc(C(C)(C)O)n2)C1=O. The van der Waals surface area contributed by atoms with Gasteiger partial charge in [0.25, 0.3) is 5.91 Å². The van der Waals surface area contributed by atoms with Crippen LogP contribution in [0.25, 0.3) is 0 Å². The number of amides is 5. The van der Waals surface area contributed by atoms with Gasteiger partial charge in [-0.1, -0.05) is 77.4 Å². The fraction of sp³-hybridized carbons (Fsp3) is 0.615. The quantitative estimate of drug-likeness (QED) is 0.125. The summed E-state index contributed by atoms with van der Waals surface area (Å²) in [5.74, 6) is -0.802. The normalized spacial score (nSPS) is 18.0. The van der Waals surface area contributed by atoms with Crippen molar-refractivity contribution in [1.82, 2.24) is 35.9 Å². The Labute approximate surface area is 313 Å². The summed E-state index contributed by atoms with van der Waals surface area (Å²) < 4.78 is 0. The van der Waals surface area contributed by atoms with Crippen LogP contribution in [0.3, 0.4) is 0 Å². The maximum atomic E-state index is 14.3. The van der Waals surface area contributed by atoms with E-state index in [0.717, 1.165) is 18.4 Å². The molecule has 1 aliphatic heterocycles. The van der Waals surface area contributed by atoms with Gasteiger partial charge in [-0.15, -0.1) is 0 Å². The second-order valence-electron chi connectivity index (χ2n) is 16.2. The van der Waals surface area contributed by atoms with Crippen LogP contribution in [0.5, 0.6) is 0 Å². The number of hydrogen-bond acceptors (Lipinski definition) is 8. The van der Waals surface area contributed by atoms with Crippen molar-refractivity contribution in [3.05, 3.63) is 65.5 Å². The number of nitrogens with one attached hydrogen (secondary N) is 3. The number of carbonyl (C=O) groups is 4. The minimum Gasteiger partial charge on any atom is -0.465 e. The predicted octanol–water partition coefficient (Wildman–Crippen LogP) is 3.48. The molecule has 5 amide bonds. The number of carboxylic acid groups (broad SMARTS) is 1. The molecule has 14 nitrogen and oxygen atoms in total. The zero-order chi connectivity index (χ0) is 39.1. The van der Waals surface area contributed by atoms with E-state index >= 15 is 0 Å². The molecule has 5 atom stereocenters. The second kappa shape index (κ2) is 17.7. The molecule has 2 aliphatic rings. The van der Waals surface area contributed by atoms with Crippen LogP contribution in [-0.4, -0.2) is 109 Å². The van der Waals surface area contributed by atoms with Gasteiger partial charge in [-0.2, -0.15) is 0 Å². The predicted molar refractivity (Wildman–Crippen MR) is 200 cm³/mol. The monoisotopic (exact) mass is 737 g/mol. The minimum absolute atomic E-state index is 0.0227. The fourth-order valence-corrected chi connectivity index (χ4v) is 6.61. The summed E-state index contributed by atoms with van der Waals surface area (Å²) in [4.78, 5) is 61.0. The molecule has 53 heavy (non-hydrogen) atoms. The van der Waals surface area contributed by atoms with Gasteiger partial charge in [-0.25, -0.2) is 14.6 Å². The molecule has 2 aromatic rings. The third kappa shape index (κ3) is 11.9. The molecule has 0 bridgehead atoms. The third-order valence-electron chi connectivity index (χ3n) is 10.0. The van der Waals surface area contributed by atoms with E-state index in [9.17, 15) is 34.5 Å². The van der Waals surface area contributed by atoms with Gasteiger partial charge in [0.15, 0.2) is 0 Å². The van der Waals surface area contributed by atoms with Gasteiger partial charge < -0.3 is 35.8 Å². The van der Waals surface area contributed by atoms with Crippen LogP contribution in [0, 0.1) is 17.3 Å². The first-order valence-corrected chi connectivity index (χ1v) is 18.7. The van der Waals surface area contributed by atoms with Gasteiger partial charge in [0.2, 0.25) is 5.91 Å². The average Bonchev–Trinajstić information content (AvgIpc) is 3.84. The van der Waals surface area contributed by atoms with Gasteiger partial charge in [-0.3, -0.25) is 20.0 Å². The van der Waals surface area contributed by atoms with Crippen molar-refractivity contribution in [3.8, 4) is 0 Å². The number of aliphatic hydroxyl groups is 2. The van der Waals surface area contributed by atoms with Gasteiger partial charge in [0.1, 0.15) is 17.7 Å². The van der Waals surface area contributed by atoms with Gasteiger partial charge in [0.05, 0.1) is 30.1 Å². The number of hydrazine groups is 1. The van der Waals surface area contributed by atoms with Crippen LogP contribution in [0.4, 0.5) is 9.59 Å². The molecule has 1 aromatic carbocycles. The fourth-order valence-electron chi connectivity index (χ4n) is 6.61. The number of rotatable bonds is 18. The van der Waals surface area contributed by atoms with Gasteiger partial charge in [0, 0.05) is 26.2 Å². The molecule has 4 rings (SSSR count). The van der Waals surface area contributed by atoms with Crippen molar-refractivity contribution in [3.63, 3.8) is 0 Å². The maximum absolute atomic E-state index is 14.3. The van der Waals surface area contributed by atoms with E-state index in [1.54, 1.807) is 67.6 Å². The number of aliphatic hydroxyl groups excluding tert-OH is 1. The number of benzene rings is 1. The highest BCUT2D eigenvalue weighted by molar-refractivity contribution is 5.88. The molecule has 0 spiro atoms. The Kier molecular flexibility index (Phi) is 13.9. The Morgan fingerprint density at radius 2 is 1.66 bits per heavy atom. The van der Waals surface area contributed by atoms with E-state index in [-0.39, 0.29) is 30.9 Å². The molecule has 1 aromatic heterocycles. The summed E-state index contributed by atoms with van der Waals surface area (Å²) in [5, 5.41) is 38.7. The average molecular weight is 738 g/mol. The van der Waals surface area contributed by atoms with Crippen molar-refractivity contribution in [2.24, 2.45) is 17.3 Å². The first kappa shape index (κ1) is 41.5. The molecule has 0 radical (unpaired) electrons. The first-order chi connectivity index (χ1) is 24.9. The van der Waals surface area contributed by atoms with Crippen LogP contribution in [0.2, 0.25) is 0 Å². The summed E-state index contributed by atoms with van der Waals surface area (Å²) in [7, 11) is 0. The standard InChI is InChI=1S/C39H59N7O7/c1-8-25(2)32(46-20-19-44(37(46)52)23-28-15-12-16-31(40-28)39(6,7)53)34(48)41-29(21-26-13-10-9-11-14-26)30(47)24-45(22-27-17-18-27)43-35(49)33(38(3,4)5)42-36(50)51/h9-16,25,27,29-30,32-33,42,47,53H,8,17-24H2,1-7H3,(H,41,48)(H,43,49)(H,50,51)/t25-,29-,30-,32-,33+/m0/s1. The lowest BCUT2D eigenvalue weighted by Crippen LogP contribution is -2.60. The zero-order valence-corrected chi connectivity index (χ0v) is 32.2. The maximum Gasteiger partial charge on any atom is 0.405 e. The zero-order valence-electron chi connectivity index (χ0n) is 32.2. The van der Waals surface area contributed by atoms with E-state index in [1.165, 1.54) is 0 Å². The van der Waals surface area contributed by atoms with E-state index in [2.05, 4.69) is 21.0 Å². The molecular formula is C39H59N7O7. The largest absolute Gasteiger partial charge is 0.465 e. The van der Waals surface area contributed by atoms with E-state index < -0.39 is 47.2 Å². The van der Waals surface area contributed by atoms with Crippen LogP contribution in [0.1, 0.15) is 84.7 Å². The van der Waals surface area contributed by atoms with Crippen molar-refractivity contribution in [1.29, 1.82) is 0 Å². The lowest BCUT2D eigenvalue weighted by atomic mass is 9.86. The Hall–Kier alpha value is -4.27. The smallest absolute Gasteiger partial charge is 0.405 e. The van der Waals surface area contributed by atoms with Crippen LogP contribution >= 0.6 is 0 Å². The second-order valence-corrected chi connectivity index (χ2v) is 16.2. The number of carbonyl (C=O) groups excluding carboxylic acids is 3. The molecule has 14 heteroatoms. The Balaban J connectivity index is 1.54. The summed E-state index contributed by atoms with van der Waals surface area (Å²) in [6.07, 6.45) is 0.412. The lowest BCUT2D eigenvalue weighted by molar-refractivity contribution is -0.132. The van der Waals surface area contributed by atoms with Crippen LogP contribution in [0.15, 0.2) is 48.5 Å². The number of aromatic nitrogens is 1. The Morgan fingerprint density at radius 1 is 0.981 bits per heavy atom. The molecule has 292 valence electrons. The van der Waals surface area contributed by atoms with Crippen molar-refractivity contribution < 1.29 is 34.5 Å². The molecule has 0 unspecified atom stereocenters. The highest BCUT2D eigenvalue weighted by Gasteiger charge is 2.41. The summed E-state index contributed by atoms with van der Waals surface area (Å²) >= 11 is 0. The summed E-state index contributed by atoms with van der Waals surface area (Å²) in [6, 6.07) is 11.9. The van der Waals surface area contributed by atoms with Crippen LogP contribution < -0.4 is 16.1 Å². The first-order valence-electron chi connectivity index (χ1n) is 18.7. The summed E-state index contributed by atoms with van der Waals surface area (Å²) in [5.41, 5.74) is 3.02. The van der Waals surface area contributed by atoms with E-state index in [1.807, 2.05) is 44.2 Å². The molecule has 6 N–H and O–H groups in total. The number of hydrogen-bond donors (Lipinski definition) is 6. The molecule has 1 saturated heterocycles. The number of nitrogens with zero attached hydrogens (tertiary/aromatic N) is 4. The van der Waals surface area contributed by atoms with Gasteiger partial charge >= 0.3 is 12.1 Å². The summed E-state index contributed by atoms with van der Waals surface area (Å²) in [6.45, 7) is 13.9. The number of urea groups is 1. The Morgan fingerprint density at radius 3 is 2.25 bits per heavy atom. The van der Waals surface area contributed by atoms with E-state index in [4.69, 9.17) is 0 Å². The highest BCUT2D eigenvalue weighted by Crippen LogP contribution is 2.30. The third-order valence-corrected chi connectivity index (χ3v) is 10.0. The topological polar surface area (TPSA) is 188 Å². The molecule has 2 heterocycles. The van der Waals surface area contributed by atoms with Crippen LogP contribution in [-0.2, 0) is 28.2 Å². The van der Waals surface area contributed by atoms with Crippen molar-refractivity contribution in [2.75, 3.05) is 26.2 Å². The minimum atomic E-state index is -1.31. The highest BCUT2D eigenvalue weighted by atomic mass is 16.4.